The molecular weight excluding hydrogens is 721 g/mol. The molecule has 8 aromatic rings. The van der Waals surface area contributed by atoms with Crippen molar-refractivity contribution >= 4 is 71.9 Å². The molecular formula is C55H44N2O2. The Hall–Kier alpha value is -7.22. The van der Waals surface area contributed by atoms with Crippen LogP contribution < -0.4 is 15.8 Å². The van der Waals surface area contributed by atoms with E-state index in [2.05, 4.69) is 121 Å². The number of terminal acetylenes is 1. The number of allylic oxidation sites excluding steroid dienone is 8. The molecule has 286 valence electrons. The van der Waals surface area contributed by atoms with Crippen LogP contribution in [0.25, 0.3) is 54.8 Å². The molecule has 0 amide bonds. The summed E-state index contributed by atoms with van der Waals surface area (Å²) in [6.07, 6.45) is 18.2. The number of rotatable bonds is 7. The molecule has 1 aliphatic carbocycles. The highest BCUT2D eigenvalue weighted by Crippen LogP contribution is 2.40. The van der Waals surface area contributed by atoms with Gasteiger partial charge in [-0.1, -0.05) is 118 Å². The highest BCUT2D eigenvalue weighted by Gasteiger charge is 2.22. The SMILES string of the molecule is C#C/C(=C\C=C/C)c1ccc(N(c2ccc(C(C)(C)C)cc2)c2ccc3c(c2)c(=O)c2cccc4c(=O)c5cc(C6=CCCC=C6c6ccccc6)ccc5n3c42)cc1. The number of anilines is 3. The minimum Gasteiger partial charge on any atom is -0.310 e. The van der Waals surface area contributed by atoms with Crippen LogP contribution in [-0.4, -0.2) is 4.40 Å². The molecule has 0 atom stereocenters. The summed E-state index contributed by atoms with van der Waals surface area (Å²) in [5.74, 6) is 2.82. The molecule has 0 fully saturated rings. The van der Waals surface area contributed by atoms with Crippen LogP contribution in [0.5, 0.6) is 0 Å². The van der Waals surface area contributed by atoms with Crippen molar-refractivity contribution < 1.29 is 0 Å². The molecule has 0 saturated carbocycles. The van der Waals surface area contributed by atoms with E-state index in [9.17, 15) is 9.59 Å². The predicted molar refractivity (Wildman–Crippen MR) is 250 cm³/mol. The van der Waals surface area contributed by atoms with Crippen molar-refractivity contribution in [2.24, 2.45) is 0 Å². The van der Waals surface area contributed by atoms with Gasteiger partial charge in [-0.3, -0.25) is 9.59 Å². The third kappa shape index (κ3) is 6.55. The van der Waals surface area contributed by atoms with Crippen LogP contribution in [0, 0.1) is 12.3 Å². The van der Waals surface area contributed by atoms with Gasteiger partial charge in [-0.25, -0.2) is 0 Å². The topological polar surface area (TPSA) is 41.8 Å². The molecule has 1 aliphatic rings. The second kappa shape index (κ2) is 14.9. The summed E-state index contributed by atoms with van der Waals surface area (Å²) < 4.78 is 2.12. The fourth-order valence-electron chi connectivity index (χ4n) is 8.54. The van der Waals surface area contributed by atoms with E-state index in [0.29, 0.717) is 27.1 Å². The molecule has 4 nitrogen and oxygen atoms in total. The van der Waals surface area contributed by atoms with E-state index in [1.54, 1.807) is 0 Å². The van der Waals surface area contributed by atoms with E-state index in [1.165, 1.54) is 11.1 Å². The lowest BCUT2D eigenvalue weighted by atomic mass is 9.87. The minimum absolute atomic E-state index is 0.0124. The fourth-order valence-corrected chi connectivity index (χ4v) is 8.54. The Morgan fingerprint density at radius 1 is 0.644 bits per heavy atom. The lowest BCUT2D eigenvalue weighted by Crippen LogP contribution is -2.16. The van der Waals surface area contributed by atoms with Crippen LogP contribution in [0.15, 0.2) is 173 Å². The van der Waals surface area contributed by atoms with Crippen molar-refractivity contribution in [3.05, 3.63) is 207 Å². The molecule has 4 heteroatoms. The summed E-state index contributed by atoms with van der Waals surface area (Å²) in [5.41, 5.74) is 12.1. The van der Waals surface area contributed by atoms with Gasteiger partial charge in [0.25, 0.3) is 0 Å². The zero-order valence-electron chi connectivity index (χ0n) is 33.8. The summed E-state index contributed by atoms with van der Waals surface area (Å²) in [4.78, 5) is 31.2. The molecule has 0 spiro atoms. The Morgan fingerprint density at radius 2 is 1.22 bits per heavy atom. The maximum absolute atomic E-state index is 14.6. The molecule has 2 aromatic heterocycles. The van der Waals surface area contributed by atoms with Crippen molar-refractivity contribution in [3.8, 4) is 12.3 Å². The second-order valence-corrected chi connectivity index (χ2v) is 16.2. The molecule has 0 saturated heterocycles. The normalized spacial score (nSPS) is 13.6. The van der Waals surface area contributed by atoms with E-state index in [4.69, 9.17) is 6.42 Å². The van der Waals surface area contributed by atoms with Gasteiger partial charge in [-0.2, -0.15) is 0 Å². The quantitative estimate of drug-likeness (QED) is 0.0702. The molecule has 0 radical (unpaired) electrons. The maximum Gasteiger partial charge on any atom is 0.197 e. The Balaban J connectivity index is 1.25. The van der Waals surface area contributed by atoms with E-state index in [-0.39, 0.29) is 16.3 Å². The molecule has 0 unspecified atom stereocenters. The average Bonchev–Trinajstić information content (AvgIpc) is 3.27. The highest BCUT2D eigenvalue weighted by atomic mass is 16.1. The number of para-hydroxylation sites is 1. The molecule has 0 N–H and O–H groups in total. The van der Waals surface area contributed by atoms with Crippen LogP contribution in [0.2, 0.25) is 0 Å². The highest BCUT2D eigenvalue weighted by molar-refractivity contribution is 6.10. The van der Waals surface area contributed by atoms with Gasteiger partial charge in [0.1, 0.15) is 0 Å². The first-order chi connectivity index (χ1) is 28.7. The Kier molecular flexibility index (Phi) is 9.46. The lowest BCUT2D eigenvalue weighted by Gasteiger charge is -2.27. The van der Waals surface area contributed by atoms with Crippen LogP contribution >= 0.6 is 0 Å². The predicted octanol–water partition coefficient (Wildman–Crippen LogP) is 13.2. The zero-order chi connectivity index (χ0) is 40.8. The number of benzene rings is 6. The number of nitrogens with zero attached hydrogens (tertiary/aromatic N) is 2. The van der Waals surface area contributed by atoms with Gasteiger partial charge in [-0.05, 0) is 131 Å². The monoisotopic (exact) mass is 764 g/mol. The minimum atomic E-state index is -0.112. The maximum atomic E-state index is 14.6. The van der Waals surface area contributed by atoms with Gasteiger partial charge in [0, 0.05) is 44.2 Å². The zero-order valence-corrected chi connectivity index (χ0v) is 33.8. The molecule has 0 aliphatic heterocycles. The van der Waals surface area contributed by atoms with Gasteiger partial charge in [0.05, 0.1) is 16.6 Å². The number of fused-ring (bicyclic) bond motifs is 4. The van der Waals surface area contributed by atoms with Crippen molar-refractivity contribution in [3.63, 3.8) is 0 Å². The molecule has 2 heterocycles. The molecule has 0 bridgehead atoms. The molecule has 6 aromatic carbocycles. The number of pyridine rings is 2. The third-order valence-corrected chi connectivity index (χ3v) is 11.5. The van der Waals surface area contributed by atoms with E-state index in [1.807, 2.05) is 85.8 Å². The first-order valence-electron chi connectivity index (χ1n) is 20.2. The van der Waals surface area contributed by atoms with Crippen molar-refractivity contribution in [1.29, 1.82) is 0 Å². The standard InChI is InChI=1S/C55H44N2O2/c1-6-8-15-36(7-2)37-22-27-41(28-23-37)56(42-29-25-40(26-30-42)55(3,4)5)43-31-33-51-49(35-43)54(59)47-21-14-20-46-52(47)57(51)50-32-24-39(34-48(50)53(46)58)45-19-13-12-18-44(45)38-16-10-9-11-17-38/h2,6,8-11,14-35H,12-13H2,1,3-5H3/b8-6-,36-15+. The van der Waals surface area contributed by atoms with Crippen molar-refractivity contribution in [2.45, 2.75) is 46.0 Å². The smallest absolute Gasteiger partial charge is 0.197 e. The second-order valence-electron chi connectivity index (χ2n) is 16.2. The van der Waals surface area contributed by atoms with Crippen molar-refractivity contribution in [1.82, 2.24) is 4.40 Å². The summed E-state index contributed by atoms with van der Waals surface area (Å²) in [6.45, 7) is 8.59. The Morgan fingerprint density at radius 3 is 1.83 bits per heavy atom. The molecule has 9 rings (SSSR count). The van der Waals surface area contributed by atoms with Gasteiger partial charge in [0.2, 0.25) is 0 Å². The van der Waals surface area contributed by atoms with Gasteiger partial charge in [-0.15, -0.1) is 6.42 Å². The summed E-state index contributed by atoms with van der Waals surface area (Å²) in [5, 5.41) is 2.23. The van der Waals surface area contributed by atoms with E-state index < -0.39 is 0 Å². The van der Waals surface area contributed by atoms with Crippen LogP contribution in [0.1, 0.15) is 62.8 Å². The van der Waals surface area contributed by atoms with Crippen LogP contribution in [0.4, 0.5) is 17.1 Å². The van der Waals surface area contributed by atoms with Gasteiger partial charge < -0.3 is 9.30 Å². The van der Waals surface area contributed by atoms with Gasteiger partial charge >= 0.3 is 0 Å². The summed E-state index contributed by atoms with van der Waals surface area (Å²) in [7, 11) is 0. The summed E-state index contributed by atoms with van der Waals surface area (Å²) in [6, 6.07) is 45.1. The molecule has 59 heavy (non-hydrogen) atoms. The van der Waals surface area contributed by atoms with Crippen molar-refractivity contribution in [2.75, 3.05) is 4.90 Å². The van der Waals surface area contributed by atoms with Crippen LogP contribution in [0.3, 0.4) is 0 Å². The largest absolute Gasteiger partial charge is 0.310 e. The number of aromatic nitrogens is 1. The number of hydrogen-bond acceptors (Lipinski definition) is 3. The first kappa shape index (κ1) is 37.4. The van der Waals surface area contributed by atoms with Crippen LogP contribution in [-0.2, 0) is 5.41 Å². The Bertz CT molecular complexity index is 3220. The van der Waals surface area contributed by atoms with E-state index >= 15 is 0 Å². The third-order valence-electron chi connectivity index (χ3n) is 11.5. The first-order valence-corrected chi connectivity index (χ1v) is 20.2. The van der Waals surface area contributed by atoms with Gasteiger partial charge in [0.15, 0.2) is 10.9 Å². The lowest BCUT2D eigenvalue weighted by molar-refractivity contribution is 0.590. The van der Waals surface area contributed by atoms with E-state index in [0.717, 1.165) is 68.8 Å². The average molecular weight is 765 g/mol. The summed E-state index contributed by atoms with van der Waals surface area (Å²) >= 11 is 0. The fraction of sp³-hybridized carbons (Fsp3) is 0.127. The Labute approximate surface area is 344 Å². The number of hydrogen-bond donors (Lipinski definition) is 0.